The van der Waals surface area contributed by atoms with Gasteiger partial charge in [-0.05, 0) is 60.2 Å². The highest BCUT2D eigenvalue weighted by Crippen LogP contribution is 2.31. The fourth-order valence-corrected chi connectivity index (χ4v) is 4.51. The number of rotatable bonds is 9. The van der Waals surface area contributed by atoms with Crippen molar-refractivity contribution in [3.8, 4) is 10.4 Å². The summed E-state index contributed by atoms with van der Waals surface area (Å²) in [5.74, 6) is -0.220. The number of thiophene rings is 1. The Morgan fingerprint density at radius 1 is 1.20 bits per heavy atom. The van der Waals surface area contributed by atoms with Crippen LogP contribution in [0.4, 0.5) is 11.4 Å². The molecule has 1 aromatic heterocycles. The minimum atomic E-state index is -0.501. The third-order valence-electron chi connectivity index (χ3n) is 4.94. The Labute approximate surface area is 182 Å². The summed E-state index contributed by atoms with van der Waals surface area (Å²) in [7, 11) is -0.317. The number of nitrogens with one attached hydrogen (secondary N) is 1. The lowest BCUT2D eigenvalue weighted by Crippen LogP contribution is -2.28. The summed E-state index contributed by atoms with van der Waals surface area (Å²) < 4.78 is 16.4. The topological polar surface area (TPSA) is 81.4 Å². The Balaban J connectivity index is 1.72. The second kappa shape index (κ2) is 9.98. The van der Waals surface area contributed by atoms with Crippen molar-refractivity contribution in [1.29, 1.82) is 0 Å². The molecule has 0 bridgehead atoms. The minimum Gasteiger partial charge on any atom is -0.397 e. The van der Waals surface area contributed by atoms with Gasteiger partial charge in [0.15, 0.2) is 0 Å². The standard InChI is InChI=1S/C23H25N2O3PS/c1-3-12-23(2,28-29-27)15-16-6-8-17(9-7-16)22(26)25-20-14-18(10-11-19(20)24)21-5-4-13-30-21/h4-11,13-14H,3,12,15,24H2,1-2H3,(H,25,26). The van der Waals surface area contributed by atoms with E-state index in [-0.39, 0.29) is 14.6 Å². The van der Waals surface area contributed by atoms with Gasteiger partial charge in [0.25, 0.3) is 5.91 Å². The molecule has 0 saturated heterocycles. The van der Waals surface area contributed by atoms with Gasteiger partial charge in [-0.1, -0.05) is 37.6 Å². The number of benzene rings is 2. The first kappa shape index (κ1) is 22.2. The number of hydrogen-bond donors (Lipinski definition) is 2. The van der Waals surface area contributed by atoms with Crippen molar-refractivity contribution in [2.24, 2.45) is 0 Å². The summed E-state index contributed by atoms with van der Waals surface area (Å²) in [5, 5.41) is 4.92. The first-order chi connectivity index (χ1) is 14.4. The van der Waals surface area contributed by atoms with Crippen LogP contribution in [0.1, 0.15) is 42.6 Å². The quantitative estimate of drug-likeness (QED) is 0.291. The molecule has 1 amide bonds. The van der Waals surface area contributed by atoms with Crippen LogP contribution < -0.4 is 11.1 Å². The maximum Gasteiger partial charge on any atom is 0.327 e. The monoisotopic (exact) mass is 440 g/mol. The van der Waals surface area contributed by atoms with E-state index in [1.165, 1.54) is 0 Å². The molecule has 3 aromatic rings. The van der Waals surface area contributed by atoms with Crippen molar-refractivity contribution < 1.29 is 13.9 Å². The van der Waals surface area contributed by atoms with E-state index in [1.54, 1.807) is 29.5 Å². The molecule has 0 aliphatic heterocycles. The van der Waals surface area contributed by atoms with E-state index in [9.17, 15) is 9.36 Å². The predicted molar refractivity (Wildman–Crippen MR) is 124 cm³/mol. The Bertz CT molecular complexity index is 1010. The first-order valence-electron chi connectivity index (χ1n) is 9.78. The van der Waals surface area contributed by atoms with Crippen molar-refractivity contribution in [2.75, 3.05) is 11.1 Å². The van der Waals surface area contributed by atoms with Crippen LogP contribution in [0, 0.1) is 0 Å². The molecule has 156 valence electrons. The predicted octanol–water partition coefficient (Wildman–Crippen LogP) is 6.57. The number of anilines is 2. The molecule has 2 aromatic carbocycles. The third kappa shape index (κ3) is 5.54. The van der Waals surface area contributed by atoms with Gasteiger partial charge in [0.2, 0.25) is 0 Å². The summed E-state index contributed by atoms with van der Waals surface area (Å²) in [6.45, 7) is 4.02. The largest absolute Gasteiger partial charge is 0.397 e. The SMILES string of the molecule is CCCC(C)(Cc1ccc(C(=O)Nc2cc(-c3cccs3)ccc2N)cc1)OP=O. The summed E-state index contributed by atoms with van der Waals surface area (Å²) in [6, 6.07) is 17.0. The highest BCUT2D eigenvalue weighted by molar-refractivity contribution is 7.17. The fourth-order valence-electron chi connectivity index (χ4n) is 3.45. The van der Waals surface area contributed by atoms with Crippen LogP contribution in [-0.2, 0) is 15.5 Å². The van der Waals surface area contributed by atoms with Gasteiger partial charge in [0.1, 0.15) is 0 Å². The van der Waals surface area contributed by atoms with Crippen molar-refractivity contribution in [3.63, 3.8) is 0 Å². The van der Waals surface area contributed by atoms with Crippen molar-refractivity contribution in [1.82, 2.24) is 0 Å². The zero-order valence-electron chi connectivity index (χ0n) is 17.1. The average Bonchev–Trinajstić information content (AvgIpc) is 3.25. The van der Waals surface area contributed by atoms with E-state index < -0.39 is 5.60 Å². The Morgan fingerprint density at radius 3 is 2.60 bits per heavy atom. The van der Waals surface area contributed by atoms with Crippen LogP contribution in [0.25, 0.3) is 10.4 Å². The summed E-state index contributed by atoms with van der Waals surface area (Å²) in [5.41, 5.74) is 9.25. The Hall–Kier alpha value is -2.53. The van der Waals surface area contributed by atoms with Gasteiger partial charge >= 0.3 is 8.69 Å². The fraction of sp³-hybridized carbons (Fsp3) is 0.261. The number of carbonyl (C=O) groups is 1. The molecule has 0 fully saturated rings. The van der Waals surface area contributed by atoms with E-state index in [4.69, 9.17) is 10.3 Å². The van der Waals surface area contributed by atoms with Gasteiger partial charge in [-0.25, -0.2) is 4.57 Å². The summed E-state index contributed by atoms with van der Waals surface area (Å²) >= 11 is 1.63. The lowest BCUT2D eigenvalue weighted by atomic mass is 9.92. The van der Waals surface area contributed by atoms with E-state index in [1.807, 2.05) is 48.7 Å². The van der Waals surface area contributed by atoms with Gasteiger partial charge in [0.05, 0.1) is 17.0 Å². The molecule has 5 nitrogen and oxygen atoms in total. The molecule has 1 heterocycles. The molecule has 0 spiro atoms. The number of nitrogen functional groups attached to an aromatic ring is 1. The zero-order valence-corrected chi connectivity index (χ0v) is 18.8. The summed E-state index contributed by atoms with van der Waals surface area (Å²) in [6.07, 6.45) is 2.34. The molecule has 0 aliphatic rings. The first-order valence-corrected chi connectivity index (χ1v) is 11.4. The average molecular weight is 441 g/mol. The number of nitrogens with two attached hydrogens (primary N) is 1. The van der Waals surface area contributed by atoms with E-state index in [2.05, 4.69) is 12.2 Å². The van der Waals surface area contributed by atoms with Crippen LogP contribution in [0.15, 0.2) is 60.0 Å². The van der Waals surface area contributed by atoms with Crippen molar-refractivity contribution >= 4 is 37.3 Å². The molecule has 1 unspecified atom stereocenters. The maximum atomic E-state index is 12.7. The van der Waals surface area contributed by atoms with Crippen LogP contribution in [0.2, 0.25) is 0 Å². The van der Waals surface area contributed by atoms with Crippen LogP contribution >= 0.6 is 20.0 Å². The molecule has 30 heavy (non-hydrogen) atoms. The maximum absolute atomic E-state index is 12.7. The molecule has 1 atom stereocenters. The number of hydrogen-bond acceptors (Lipinski definition) is 5. The van der Waals surface area contributed by atoms with Crippen LogP contribution in [0.3, 0.4) is 0 Å². The normalized spacial score (nSPS) is 13.1. The van der Waals surface area contributed by atoms with E-state index in [0.717, 1.165) is 28.8 Å². The second-order valence-electron chi connectivity index (χ2n) is 7.47. The van der Waals surface area contributed by atoms with Gasteiger partial charge < -0.3 is 11.1 Å². The highest BCUT2D eigenvalue weighted by atomic mass is 32.1. The van der Waals surface area contributed by atoms with Gasteiger partial charge in [-0.15, -0.1) is 11.3 Å². The Morgan fingerprint density at radius 2 is 1.97 bits per heavy atom. The lowest BCUT2D eigenvalue weighted by molar-refractivity contribution is 0.0949. The highest BCUT2D eigenvalue weighted by Gasteiger charge is 2.25. The van der Waals surface area contributed by atoms with Gasteiger partial charge in [0, 0.05) is 16.9 Å². The van der Waals surface area contributed by atoms with Crippen molar-refractivity contribution in [3.05, 3.63) is 71.1 Å². The molecule has 0 aliphatic carbocycles. The zero-order chi connectivity index (χ0) is 21.6. The van der Waals surface area contributed by atoms with Crippen molar-refractivity contribution in [2.45, 2.75) is 38.7 Å². The van der Waals surface area contributed by atoms with Crippen LogP contribution in [0.5, 0.6) is 0 Å². The van der Waals surface area contributed by atoms with E-state index >= 15 is 0 Å². The number of amides is 1. The number of carbonyl (C=O) groups excluding carboxylic acids is 1. The molecule has 7 heteroatoms. The molecule has 0 radical (unpaired) electrons. The van der Waals surface area contributed by atoms with E-state index in [0.29, 0.717) is 23.4 Å². The van der Waals surface area contributed by atoms with Gasteiger partial charge in [-0.2, -0.15) is 0 Å². The molecule has 3 N–H and O–H groups in total. The minimum absolute atomic E-state index is 0.220. The molecule has 0 saturated carbocycles. The smallest absolute Gasteiger partial charge is 0.327 e. The molecular formula is C23H25N2O3PS. The van der Waals surface area contributed by atoms with Crippen LogP contribution in [-0.4, -0.2) is 11.5 Å². The molecular weight excluding hydrogens is 415 g/mol. The summed E-state index contributed by atoms with van der Waals surface area (Å²) in [4.78, 5) is 13.8. The third-order valence-corrected chi connectivity index (χ3v) is 6.37. The van der Waals surface area contributed by atoms with Gasteiger partial charge in [-0.3, -0.25) is 9.32 Å². The second-order valence-corrected chi connectivity index (χ2v) is 8.75. The molecule has 3 rings (SSSR count). The Kier molecular flexibility index (Phi) is 7.38. The lowest BCUT2D eigenvalue weighted by Gasteiger charge is -2.26.